The van der Waals surface area contributed by atoms with Crippen molar-refractivity contribution in [3.8, 4) is 0 Å². The number of hydrogen-bond acceptors (Lipinski definition) is 3. The van der Waals surface area contributed by atoms with Crippen molar-refractivity contribution in [2.75, 3.05) is 13.7 Å². The maximum Gasteiger partial charge on any atom is 0.323 e. The van der Waals surface area contributed by atoms with Gasteiger partial charge in [-0.15, -0.1) is 0 Å². The summed E-state index contributed by atoms with van der Waals surface area (Å²) >= 11 is 0. The number of carboxylic acids is 1. The van der Waals surface area contributed by atoms with Crippen LogP contribution in [0.2, 0.25) is 0 Å². The Morgan fingerprint density at radius 1 is 1.58 bits per heavy atom. The maximum absolute atomic E-state index is 10.6. The molecule has 0 aliphatic rings. The van der Waals surface area contributed by atoms with Gasteiger partial charge in [0.1, 0.15) is 6.04 Å². The molecule has 0 radical (unpaired) electrons. The van der Waals surface area contributed by atoms with Crippen molar-refractivity contribution in [1.29, 1.82) is 0 Å². The second-order valence-electron chi connectivity index (χ2n) is 2.96. The summed E-state index contributed by atoms with van der Waals surface area (Å²) in [5.74, 6) is -0.972. The molecule has 12 heavy (non-hydrogen) atoms. The molecule has 0 saturated heterocycles. The van der Waals surface area contributed by atoms with Crippen LogP contribution in [0.4, 0.5) is 0 Å². The molecule has 72 valence electrons. The predicted octanol–water partition coefficient (Wildman–Crippen LogP) is 0.162. The number of nitrogens with zero attached hydrogens (tertiary/aromatic N) is 1. The molecule has 4 heteroatoms. The van der Waals surface area contributed by atoms with Gasteiger partial charge in [0, 0.05) is 6.04 Å². The molecule has 2 unspecified atom stereocenters. The Bertz CT molecular complexity index is 149. The van der Waals surface area contributed by atoms with E-state index in [4.69, 9.17) is 10.2 Å². The molecule has 0 heterocycles. The van der Waals surface area contributed by atoms with Gasteiger partial charge < -0.3 is 10.2 Å². The molecule has 0 aromatic carbocycles. The standard InChI is InChI=1S/C8H17NO3/c1-4-6(2)9(3)7(5-10)8(11)12/h6-7,10H,4-5H2,1-3H3,(H,11,12). The Morgan fingerprint density at radius 2 is 2.08 bits per heavy atom. The van der Waals surface area contributed by atoms with Gasteiger partial charge in [0.15, 0.2) is 0 Å². The van der Waals surface area contributed by atoms with Crippen molar-refractivity contribution in [1.82, 2.24) is 4.90 Å². The van der Waals surface area contributed by atoms with Crippen LogP contribution < -0.4 is 0 Å². The molecule has 0 fully saturated rings. The number of aliphatic carboxylic acids is 1. The number of likely N-dealkylation sites (N-methyl/N-ethyl adjacent to an activating group) is 1. The summed E-state index contributed by atoms with van der Waals surface area (Å²) in [6, 6.07) is -0.599. The highest BCUT2D eigenvalue weighted by Crippen LogP contribution is 2.05. The molecule has 0 aliphatic carbocycles. The van der Waals surface area contributed by atoms with E-state index in [1.54, 1.807) is 11.9 Å². The van der Waals surface area contributed by atoms with Crippen molar-refractivity contribution in [2.45, 2.75) is 32.4 Å². The van der Waals surface area contributed by atoms with Crippen LogP contribution in [0.3, 0.4) is 0 Å². The zero-order chi connectivity index (χ0) is 9.72. The van der Waals surface area contributed by atoms with Crippen LogP contribution >= 0.6 is 0 Å². The molecule has 2 atom stereocenters. The van der Waals surface area contributed by atoms with Crippen molar-refractivity contribution >= 4 is 5.97 Å². The monoisotopic (exact) mass is 175 g/mol. The highest BCUT2D eigenvalue weighted by Gasteiger charge is 2.24. The number of carboxylic acid groups (broad SMARTS) is 1. The van der Waals surface area contributed by atoms with Crippen LogP contribution in [0, 0.1) is 0 Å². The van der Waals surface area contributed by atoms with Crippen molar-refractivity contribution in [2.24, 2.45) is 0 Å². The number of aliphatic hydroxyl groups is 1. The van der Waals surface area contributed by atoms with Gasteiger partial charge in [-0.05, 0) is 20.4 Å². The Morgan fingerprint density at radius 3 is 2.33 bits per heavy atom. The van der Waals surface area contributed by atoms with Gasteiger partial charge in [0.2, 0.25) is 0 Å². The van der Waals surface area contributed by atoms with Gasteiger partial charge in [-0.25, -0.2) is 0 Å². The van der Waals surface area contributed by atoms with Crippen LogP contribution in [0.15, 0.2) is 0 Å². The largest absolute Gasteiger partial charge is 0.480 e. The first-order valence-electron chi connectivity index (χ1n) is 4.10. The van der Waals surface area contributed by atoms with Gasteiger partial charge in [-0.1, -0.05) is 6.92 Å². The van der Waals surface area contributed by atoms with E-state index in [0.717, 1.165) is 6.42 Å². The third-order valence-corrected chi connectivity index (χ3v) is 2.24. The quantitative estimate of drug-likeness (QED) is 0.625. The lowest BCUT2D eigenvalue weighted by Gasteiger charge is -2.28. The first-order chi connectivity index (χ1) is 5.54. The molecular weight excluding hydrogens is 158 g/mol. The van der Waals surface area contributed by atoms with Gasteiger partial charge in [-0.3, -0.25) is 9.69 Å². The molecular formula is C8H17NO3. The van der Waals surface area contributed by atoms with Crippen molar-refractivity contribution in [3.63, 3.8) is 0 Å². The lowest BCUT2D eigenvalue weighted by molar-refractivity contribution is -0.145. The van der Waals surface area contributed by atoms with Gasteiger partial charge in [-0.2, -0.15) is 0 Å². The summed E-state index contributed by atoms with van der Waals surface area (Å²) < 4.78 is 0. The fraction of sp³-hybridized carbons (Fsp3) is 0.875. The van der Waals surface area contributed by atoms with E-state index in [1.165, 1.54) is 0 Å². The molecule has 0 rings (SSSR count). The van der Waals surface area contributed by atoms with E-state index >= 15 is 0 Å². The molecule has 2 N–H and O–H groups in total. The second kappa shape index (κ2) is 5.11. The molecule has 4 nitrogen and oxygen atoms in total. The lowest BCUT2D eigenvalue weighted by atomic mass is 10.2. The van der Waals surface area contributed by atoms with Crippen LogP contribution in [0.25, 0.3) is 0 Å². The fourth-order valence-electron chi connectivity index (χ4n) is 0.976. The smallest absolute Gasteiger partial charge is 0.323 e. The highest BCUT2D eigenvalue weighted by atomic mass is 16.4. The maximum atomic E-state index is 10.6. The van der Waals surface area contributed by atoms with E-state index in [2.05, 4.69) is 0 Å². The zero-order valence-electron chi connectivity index (χ0n) is 7.82. The van der Waals surface area contributed by atoms with Crippen LogP contribution in [0.1, 0.15) is 20.3 Å². The van der Waals surface area contributed by atoms with Crippen LogP contribution in [-0.4, -0.2) is 46.8 Å². The summed E-state index contributed by atoms with van der Waals surface area (Å²) in [6.07, 6.45) is 0.875. The normalized spacial score (nSPS) is 16.1. The Balaban J connectivity index is 4.20. The van der Waals surface area contributed by atoms with Gasteiger partial charge in [0.25, 0.3) is 0 Å². The van der Waals surface area contributed by atoms with Gasteiger partial charge >= 0.3 is 5.97 Å². The van der Waals surface area contributed by atoms with E-state index in [-0.39, 0.29) is 12.6 Å². The Labute approximate surface area is 72.8 Å². The van der Waals surface area contributed by atoms with E-state index < -0.39 is 12.0 Å². The molecule has 0 amide bonds. The number of carbonyl (C=O) groups is 1. The Hall–Kier alpha value is -0.610. The third-order valence-electron chi connectivity index (χ3n) is 2.24. The average Bonchev–Trinajstić information content (AvgIpc) is 2.03. The zero-order valence-corrected chi connectivity index (χ0v) is 7.82. The van der Waals surface area contributed by atoms with Gasteiger partial charge in [0.05, 0.1) is 6.61 Å². The molecule has 0 saturated carbocycles. The second-order valence-corrected chi connectivity index (χ2v) is 2.96. The SMILES string of the molecule is CCC(C)N(C)C(CO)C(=O)O. The average molecular weight is 175 g/mol. The van der Waals surface area contributed by atoms with E-state index in [0.29, 0.717) is 0 Å². The minimum atomic E-state index is -0.972. The first-order valence-corrected chi connectivity index (χ1v) is 4.10. The van der Waals surface area contributed by atoms with Crippen LogP contribution in [-0.2, 0) is 4.79 Å². The minimum absolute atomic E-state index is 0.179. The topological polar surface area (TPSA) is 60.8 Å². The summed E-state index contributed by atoms with van der Waals surface area (Å²) in [5, 5.41) is 17.5. The number of rotatable bonds is 5. The molecule has 0 aromatic rings. The van der Waals surface area contributed by atoms with Crippen molar-refractivity contribution < 1.29 is 15.0 Å². The summed E-state index contributed by atoms with van der Waals surface area (Å²) in [6.45, 7) is 3.58. The molecule has 0 spiro atoms. The molecule has 0 aliphatic heterocycles. The van der Waals surface area contributed by atoms with Crippen molar-refractivity contribution in [3.05, 3.63) is 0 Å². The highest BCUT2D eigenvalue weighted by molar-refractivity contribution is 5.73. The summed E-state index contributed by atoms with van der Waals surface area (Å²) in [5.41, 5.74) is 0. The fourth-order valence-corrected chi connectivity index (χ4v) is 0.976. The Kier molecular flexibility index (Phi) is 4.85. The van der Waals surface area contributed by atoms with Crippen LogP contribution in [0.5, 0.6) is 0 Å². The molecule has 0 bridgehead atoms. The number of hydrogen-bond donors (Lipinski definition) is 2. The predicted molar refractivity (Wildman–Crippen MR) is 46.0 cm³/mol. The summed E-state index contributed by atoms with van der Waals surface area (Å²) in [7, 11) is 1.71. The van der Waals surface area contributed by atoms with E-state index in [1.807, 2.05) is 13.8 Å². The third kappa shape index (κ3) is 2.79. The van der Waals surface area contributed by atoms with E-state index in [9.17, 15) is 4.79 Å². The minimum Gasteiger partial charge on any atom is -0.480 e. The lowest BCUT2D eigenvalue weighted by Crippen LogP contribution is -2.45. The number of aliphatic hydroxyl groups excluding tert-OH is 1. The summed E-state index contributed by atoms with van der Waals surface area (Å²) in [4.78, 5) is 12.3. The first kappa shape index (κ1) is 11.4. The molecule has 0 aromatic heterocycles.